The summed E-state index contributed by atoms with van der Waals surface area (Å²) >= 11 is 2.61. The Hall–Kier alpha value is -9.92. The van der Waals surface area contributed by atoms with Crippen LogP contribution in [0.15, 0.2) is 163 Å². The average molecular weight is 1140 g/mol. The van der Waals surface area contributed by atoms with Gasteiger partial charge in [0.15, 0.2) is 23.0 Å². The third-order valence-corrected chi connectivity index (χ3v) is 18.5. The Labute approximate surface area is 493 Å². The molecule has 0 saturated heterocycles. The third kappa shape index (κ3) is 8.92. The number of nitriles is 2. The maximum atomic E-state index is 12.2. The van der Waals surface area contributed by atoms with Crippen molar-refractivity contribution in [2.24, 2.45) is 0 Å². The van der Waals surface area contributed by atoms with Crippen molar-refractivity contribution in [2.45, 2.75) is 46.0 Å². The first kappa shape index (κ1) is 53.4. The molecule has 0 unspecified atom stereocenters. The van der Waals surface area contributed by atoms with Crippen LogP contribution in [0.25, 0.3) is 88.0 Å². The average Bonchev–Trinajstić information content (AvgIpc) is 1.64. The number of fused-ring (bicyclic) bond motifs is 7. The summed E-state index contributed by atoms with van der Waals surface area (Å²) in [6.45, 7) is 10.1. The van der Waals surface area contributed by atoms with Gasteiger partial charge < -0.3 is 34.1 Å². The summed E-state index contributed by atoms with van der Waals surface area (Å²) in [5.41, 5.74) is 14.9. The molecule has 13 heteroatoms. The lowest BCUT2D eigenvalue weighted by molar-refractivity contribution is -0.133. The van der Waals surface area contributed by atoms with E-state index in [2.05, 4.69) is 166 Å². The second-order valence-corrected chi connectivity index (χ2v) is 23.4. The van der Waals surface area contributed by atoms with E-state index in [-0.39, 0.29) is 31.8 Å². The topological polar surface area (TPSA) is 162 Å². The fourth-order valence-electron chi connectivity index (χ4n) is 12.3. The first-order valence-corrected chi connectivity index (χ1v) is 29.4. The highest BCUT2D eigenvalue weighted by atomic mass is 32.1. The van der Waals surface area contributed by atoms with Gasteiger partial charge in [-0.1, -0.05) is 143 Å². The van der Waals surface area contributed by atoms with Gasteiger partial charge in [-0.25, -0.2) is 9.59 Å². The fourth-order valence-corrected chi connectivity index (χ4v) is 14.6. The number of hydrogen-bond donors (Lipinski definition) is 2. The monoisotopic (exact) mass is 1140 g/mol. The van der Waals surface area contributed by atoms with Gasteiger partial charge in [-0.15, -0.1) is 22.7 Å². The van der Waals surface area contributed by atoms with Crippen LogP contribution in [0.2, 0.25) is 0 Å². The van der Waals surface area contributed by atoms with Gasteiger partial charge in [0.05, 0.1) is 25.2 Å². The highest BCUT2D eigenvalue weighted by Crippen LogP contribution is 2.57. The largest absolute Gasteiger partial charge is 0.485 e. The molecule has 10 aromatic rings. The van der Waals surface area contributed by atoms with E-state index in [4.69, 9.17) is 18.9 Å². The molecule has 0 saturated carbocycles. The molecule has 1 aliphatic carbocycles. The second-order valence-electron chi connectivity index (χ2n) is 21.3. The lowest BCUT2D eigenvalue weighted by Crippen LogP contribution is -2.17. The van der Waals surface area contributed by atoms with Gasteiger partial charge in [0.2, 0.25) is 0 Å². The van der Waals surface area contributed by atoms with E-state index in [0.717, 1.165) is 73.7 Å². The molecule has 0 spiro atoms. The minimum Gasteiger partial charge on any atom is -0.485 e. The molecule has 84 heavy (non-hydrogen) atoms. The van der Waals surface area contributed by atoms with Crippen LogP contribution in [0.3, 0.4) is 0 Å². The molecule has 4 heterocycles. The number of ether oxygens (including phenoxy) is 4. The lowest BCUT2D eigenvalue weighted by Gasteiger charge is -2.32. The number of aryl methyl sites for hydroxylation is 2. The van der Waals surface area contributed by atoms with Crippen LogP contribution in [0, 0.1) is 22.7 Å². The molecule has 2 aromatic heterocycles. The van der Waals surface area contributed by atoms with Crippen LogP contribution in [0.4, 0.5) is 17.1 Å². The Balaban J connectivity index is 1.15. The quantitative estimate of drug-likeness (QED) is 0.0642. The van der Waals surface area contributed by atoms with Gasteiger partial charge in [-0.05, 0) is 139 Å². The Morgan fingerprint density at radius 3 is 1.55 bits per heavy atom. The van der Waals surface area contributed by atoms with Crippen LogP contribution >= 0.6 is 22.7 Å². The summed E-state index contributed by atoms with van der Waals surface area (Å²) in [4.78, 5) is 29.2. The Morgan fingerprint density at radius 1 is 0.524 bits per heavy atom. The first-order valence-electron chi connectivity index (χ1n) is 27.8. The van der Waals surface area contributed by atoms with Crippen LogP contribution < -0.4 is 23.8 Å². The molecule has 0 fully saturated rings. The highest BCUT2D eigenvalue weighted by Gasteiger charge is 2.37. The zero-order valence-corrected chi connectivity index (χ0v) is 48.0. The number of thiophene rings is 2. The summed E-state index contributed by atoms with van der Waals surface area (Å²) in [6.07, 6.45) is 4.36. The molecule has 412 valence electrons. The van der Waals surface area contributed by atoms with Gasteiger partial charge in [-0.3, -0.25) is 0 Å². The third-order valence-electron chi connectivity index (χ3n) is 16.2. The van der Waals surface area contributed by atoms with E-state index >= 15 is 0 Å². The molecule has 0 amide bonds. The van der Waals surface area contributed by atoms with Crippen LogP contribution in [0.5, 0.6) is 23.0 Å². The van der Waals surface area contributed by atoms with E-state index in [0.29, 0.717) is 42.5 Å². The summed E-state index contributed by atoms with van der Waals surface area (Å²) in [5, 5.41) is 43.4. The number of hydrogen-bond acceptors (Lipinski definition) is 11. The minimum atomic E-state index is -1.34. The number of nitrogens with zero attached hydrogens (tertiary/aromatic N) is 3. The molecule has 0 bridgehead atoms. The zero-order valence-electron chi connectivity index (χ0n) is 46.3. The maximum Gasteiger partial charge on any atom is 0.346 e. The lowest BCUT2D eigenvalue weighted by atomic mass is 9.82. The predicted molar refractivity (Wildman–Crippen MR) is 334 cm³/mol. The summed E-state index contributed by atoms with van der Waals surface area (Å²) in [7, 11) is 0. The van der Waals surface area contributed by atoms with E-state index in [1.807, 2.05) is 30.3 Å². The van der Waals surface area contributed by atoms with E-state index in [1.165, 1.54) is 79.3 Å². The van der Waals surface area contributed by atoms with Crippen LogP contribution in [-0.4, -0.2) is 48.6 Å². The Morgan fingerprint density at radius 2 is 1.00 bits per heavy atom. The molecule has 3 aliphatic rings. The first-order chi connectivity index (χ1) is 40.9. The van der Waals surface area contributed by atoms with Crippen molar-refractivity contribution < 1.29 is 38.7 Å². The van der Waals surface area contributed by atoms with E-state index in [9.17, 15) is 30.3 Å². The summed E-state index contributed by atoms with van der Waals surface area (Å²) in [6, 6.07) is 57.8. The van der Waals surface area contributed by atoms with Gasteiger partial charge >= 0.3 is 11.9 Å². The molecule has 2 aliphatic heterocycles. The maximum absolute atomic E-state index is 12.2. The van der Waals surface area contributed by atoms with E-state index in [1.54, 1.807) is 0 Å². The summed E-state index contributed by atoms with van der Waals surface area (Å²) < 4.78 is 25.2. The van der Waals surface area contributed by atoms with Crippen molar-refractivity contribution in [3.63, 3.8) is 0 Å². The molecule has 0 atom stereocenters. The highest BCUT2D eigenvalue weighted by molar-refractivity contribution is 7.17. The van der Waals surface area contributed by atoms with E-state index < -0.39 is 23.1 Å². The van der Waals surface area contributed by atoms with Crippen LogP contribution in [0.1, 0.15) is 59.7 Å². The van der Waals surface area contributed by atoms with Crippen molar-refractivity contribution in [3.05, 3.63) is 195 Å². The molecule has 8 aromatic carbocycles. The molecule has 11 nitrogen and oxygen atoms in total. The molecule has 0 radical (unpaired) electrons. The molecule has 13 rings (SSSR count). The Kier molecular flexibility index (Phi) is 13.6. The van der Waals surface area contributed by atoms with Gasteiger partial charge in [0.1, 0.15) is 49.7 Å². The number of benzene rings is 8. The Bertz CT molecular complexity index is 4390. The number of carboxylic acids is 2. The number of rotatable bonds is 13. The number of anilines is 3. The van der Waals surface area contributed by atoms with Crippen molar-refractivity contribution in [1.82, 2.24) is 0 Å². The smallest absolute Gasteiger partial charge is 0.346 e. The fraction of sp³-hybridized carbons (Fsp3) is 0.155. The standard InChI is InChI=1S/C71H53N3O8S2/c1-5-40-14-10-11-17-49(40)50-26-22-47(32-41(50)6-2)74(48-23-27-52-51-18-12-13-19-57(51)71(3,4)58(52)37-48)62-53-24-20-43(67-65-63(79-28-30-81-65)59(83-67)35-45(38-72)69(75)76)33-55(53)61(42-15-8-7-9-16-42)56-34-44(21-25-54(56)62)68-66-64(80-29-31-82-66)60(84-68)36-46(39-73)70(77)78/h7-27,32-37H,5-6,28-31H2,1-4H3,(H,75,76)(H,77,78)/b45-35+,46-36+. The molecule has 2 N–H and O–H groups in total. The normalized spacial score (nSPS) is 13.9. The minimum absolute atomic E-state index is 0.252. The number of aliphatic carboxylic acids is 2. The van der Waals surface area contributed by atoms with Crippen LogP contribution in [-0.2, 0) is 27.8 Å². The predicted octanol–water partition coefficient (Wildman–Crippen LogP) is 17.2. The zero-order chi connectivity index (χ0) is 58.0. The van der Waals surface area contributed by atoms with Gasteiger partial charge in [-0.2, -0.15) is 10.5 Å². The number of carboxylic acid groups (broad SMARTS) is 2. The summed E-state index contributed by atoms with van der Waals surface area (Å²) in [5.74, 6) is -0.967. The van der Waals surface area contributed by atoms with Crippen molar-refractivity contribution in [2.75, 3.05) is 31.3 Å². The van der Waals surface area contributed by atoms with Gasteiger partial charge in [0.25, 0.3) is 0 Å². The molecular weight excluding hydrogens is 1090 g/mol. The second kappa shape index (κ2) is 21.4. The van der Waals surface area contributed by atoms with Gasteiger partial charge in [0, 0.05) is 27.6 Å². The number of carbonyl (C=O) groups is 2. The van der Waals surface area contributed by atoms with Crippen molar-refractivity contribution in [1.29, 1.82) is 10.5 Å². The van der Waals surface area contributed by atoms with Crippen molar-refractivity contribution >= 4 is 85.4 Å². The molecular formula is C71H53N3O8S2. The van der Waals surface area contributed by atoms with Crippen molar-refractivity contribution in [3.8, 4) is 89.4 Å². The SMILES string of the molecule is CCc1ccccc1-c1ccc(N(c2ccc3c(c2)C(C)(C)c2ccccc2-3)c2c3ccc(-c4sc(/C=C(\C#N)C(=O)O)c5c4OCCO5)cc3c(-c3ccccc3)c3cc(-c4sc(/C=C(\C#N)C(=O)O)c5c4OCCO5)ccc23)cc1CC.